The van der Waals surface area contributed by atoms with Gasteiger partial charge in [-0.1, -0.05) is 119 Å². The van der Waals surface area contributed by atoms with E-state index >= 15 is 0 Å². The molecule has 6 aromatic carbocycles. The van der Waals surface area contributed by atoms with Gasteiger partial charge in [-0.05, 0) is 70.1 Å². The predicted octanol–water partition coefficient (Wildman–Crippen LogP) is 10.4. The van der Waals surface area contributed by atoms with Crippen molar-refractivity contribution in [1.82, 2.24) is 0 Å². The molecule has 0 unspecified atom stereocenters. The summed E-state index contributed by atoms with van der Waals surface area (Å²) in [5, 5.41) is 2.47. The molecular formula is C34H24BrN. The summed E-state index contributed by atoms with van der Waals surface area (Å²) in [5.74, 6) is 0. The second kappa shape index (κ2) is 9.85. The van der Waals surface area contributed by atoms with Gasteiger partial charge in [-0.15, -0.1) is 0 Å². The van der Waals surface area contributed by atoms with Crippen molar-refractivity contribution in [3.8, 4) is 22.3 Å². The number of hydrogen-bond acceptors (Lipinski definition) is 1. The molecule has 0 aliphatic rings. The Hall–Kier alpha value is -4.14. The standard InChI is InChI=1S/C34H24BrN/c35-33-16-8-12-28-11-7-15-32(34(28)33)27-19-23-31(24-20-27)36(29-13-5-2-6-14-29)30-21-17-26(18-22-30)25-9-3-1-4-10-25/h1-24H. The van der Waals surface area contributed by atoms with Crippen molar-refractivity contribution in [3.05, 3.63) is 150 Å². The smallest absolute Gasteiger partial charge is 0.0462 e. The molecule has 0 saturated heterocycles. The molecule has 0 N–H and O–H groups in total. The summed E-state index contributed by atoms with van der Waals surface area (Å²) in [6.45, 7) is 0. The van der Waals surface area contributed by atoms with Crippen LogP contribution in [0.4, 0.5) is 17.1 Å². The highest BCUT2D eigenvalue weighted by molar-refractivity contribution is 9.10. The van der Waals surface area contributed by atoms with Gasteiger partial charge in [-0.3, -0.25) is 0 Å². The average Bonchev–Trinajstić information content (AvgIpc) is 2.95. The lowest BCUT2D eigenvalue weighted by Gasteiger charge is -2.26. The molecule has 6 rings (SSSR count). The van der Waals surface area contributed by atoms with Crippen molar-refractivity contribution >= 4 is 43.8 Å². The van der Waals surface area contributed by atoms with E-state index in [-0.39, 0.29) is 0 Å². The van der Waals surface area contributed by atoms with Crippen LogP contribution in [0, 0.1) is 0 Å². The third-order valence-electron chi connectivity index (χ3n) is 6.54. The Kier molecular flexibility index (Phi) is 6.11. The van der Waals surface area contributed by atoms with Gasteiger partial charge in [0.15, 0.2) is 0 Å². The zero-order valence-electron chi connectivity index (χ0n) is 19.7. The zero-order valence-corrected chi connectivity index (χ0v) is 21.3. The quantitative estimate of drug-likeness (QED) is 0.216. The Bertz CT molecular complexity index is 1600. The van der Waals surface area contributed by atoms with Crippen LogP contribution in [-0.4, -0.2) is 0 Å². The molecule has 6 aromatic rings. The molecule has 0 radical (unpaired) electrons. The van der Waals surface area contributed by atoms with Crippen LogP contribution in [0.1, 0.15) is 0 Å². The van der Waals surface area contributed by atoms with E-state index in [0.717, 1.165) is 21.5 Å². The van der Waals surface area contributed by atoms with E-state index in [9.17, 15) is 0 Å². The molecule has 0 amide bonds. The van der Waals surface area contributed by atoms with Gasteiger partial charge < -0.3 is 4.90 Å². The maximum Gasteiger partial charge on any atom is 0.0462 e. The molecule has 0 saturated carbocycles. The van der Waals surface area contributed by atoms with Crippen molar-refractivity contribution in [1.29, 1.82) is 0 Å². The number of rotatable bonds is 5. The highest BCUT2D eigenvalue weighted by Crippen LogP contribution is 2.38. The molecule has 1 nitrogen and oxygen atoms in total. The van der Waals surface area contributed by atoms with E-state index in [2.05, 4.69) is 166 Å². The topological polar surface area (TPSA) is 3.24 Å². The number of hydrogen-bond donors (Lipinski definition) is 0. The summed E-state index contributed by atoms with van der Waals surface area (Å²) in [7, 11) is 0. The van der Waals surface area contributed by atoms with E-state index in [4.69, 9.17) is 0 Å². The number of halogens is 1. The fourth-order valence-electron chi connectivity index (χ4n) is 4.78. The molecule has 0 aromatic heterocycles. The first-order chi connectivity index (χ1) is 17.8. The van der Waals surface area contributed by atoms with Crippen molar-refractivity contribution in [3.63, 3.8) is 0 Å². The Morgan fingerprint density at radius 3 is 1.53 bits per heavy atom. The van der Waals surface area contributed by atoms with Crippen LogP contribution < -0.4 is 4.90 Å². The van der Waals surface area contributed by atoms with E-state index in [1.54, 1.807) is 0 Å². The van der Waals surface area contributed by atoms with Crippen LogP contribution >= 0.6 is 15.9 Å². The maximum absolute atomic E-state index is 3.76. The van der Waals surface area contributed by atoms with E-state index < -0.39 is 0 Å². The highest BCUT2D eigenvalue weighted by Gasteiger charge is 2.14. The minimum Gasteiger partial charge on any atom is -0.311 e. The van der Waals surface area contributed by atoms with Gasteiger partial charge in [-0.2, -0.15) is 0 Å². The first-order valence-corrected chi connectivity index (χ1v) is 12.9. The van der Waals surface area contributed by atoms with Gasteiger partial charge in [-0.25, -0.2) is 0 Å². The average molecular weight is 526 g/mol. The lowest BCUT2D eigenvalue weighted by molar-refractivity contribution is 1.28. The fraction of sp³-hybridized carbons (Fsp3) is 0. The van der Waals surface area contributed by atoms with Gasteiger partial charge >= 0.3 is 0 Å². The normalized spacial score (nSPS) is 10.9. The molecule has 0 aliphatic heterocycles. The second-order valence-corrected chi connectivity index (χ2v) is 9.63. The fourth-order valence-corrected chi connectivity index (χ4v) is 5.38. The molecular weight excluding hydrogens is 502 g/mol. The van der Waals surface area contributed by atoms with Gasteiger partial charge in [0.1, 0.15) is 0 Å². The van der Waals surface area contributed by atoms with Crippen LogP contribution in [0.3, 0.4) is 0 Å². The number of benzene rings is 6. The lowest BCUT2D eigenvalue weighted by atomic mass is 9.98. The molecule has 0 heterocycles. The third kappa shape index (κ3) is 4.32. The second-order valence-electron chi connectivity index (χ2n) is 8.77. The monoisotopic (exact) mass is 525 g/mol. The lowest BCUT2D eigenvalue weighted by Crippen LogP contribution is -2.09. The number of nitrogens with zero attached hydrogens (tertiary/aromatic N) is 1. The summed E-state index contributed by atoms with van der Waals surface area (Å²) < 4.78 is 1.11. The summed E-state index contributed by atoms with van der Waals surface area (Å²) in [4.78, 5) is 2.30. The molecule has 2 heteroatoms. The summed E-state index contributed by atoms with van der Waals surface area (Å²) in [6, 6.07) is 51.5. The van der Waals surface area contributed by atoms with Crippen LogP contribution in [0.15, 0.2) is 150 Å². The Labute approximate surface area is 220 Å². The van der Waals surface area contributed by atoms with Gasteiger partial charge in [0, 0.05) is 26.9 Å². The van der Waals surface area contributed by atoms with Crippen molar-refractivity contribution < 1.29 is 0 Å². The van der Waals surface area contributed by atoms with Gasteiger partial charge in [0.2, 0.25) is 0 Å². The summed E-state index contributed by atoms with van der Waals surface area (Å²) in [6.07, 6.45) is 0. The number of anilines is 3. The third-order valence-corrected chi connectivity index (χ3v) is 7.20. The molecule has 0 bridgehead atoms. The SMILES string of the molecule is Brc1cccc2cccc(-c3ccc(N(c4ccccc4)c4ccc(-c5ccccc5)cc4)cc3)c12. The van der Waals surface area contributed by atoms with E-state index in [0.29, 0.717) is 0 Å². The van der Waals surface area contributed by atoms with Crippen LogP contribution in [0.25, 0.3) is 33.0 Å². The van der Waals surface area contributed by atoms with Gasteiger partial charge in [0.25, 0.3) is 0 Å². The van der Waals surface area contributed by atoms with E-state index in [1.165, 1.54) is 33.0 Å². The highest BCUT2D eigenvalue weighted by atomic mass is 79.9. The summed E-state index contributed by atoms with van der Waals surface area (Å²) >= 11 is 3.76. The molecule has 36 heavy (non-hydrogen) atoms. The minimum atomic E-state index is 1.11. The van der Waals surface area contributed by atoms with Crippen molar-refractivity contribution in [2.24, 2.45) is 0 Å². The minimum absolute atomic E-state index is 1.11. The summed E-state index contributed by atoms with van der Waals surface area (Å²) in [5.41, 5.74) is 8.24. The molecule has 0 spiro atoms. The molecule has 0 fully saturated rings. The maximum atomic E-state index is 3.76. The van der Waals surface area contributed by atoms with Crippen LogP contribution in [0.2, 0.25) is 0 Å². The zero-order chi connectivity index (χ0) is 24.3. The Morgan fingerprint density at radius 2 is 0.889 bits per heavy atom. The van der Waals surface area contributed by atoms with Crippen molar-refractivity contribution in [2.45, 2.75) is 0 Å². The predicted molar refractivity (Wildman–Crippen MR) is 157 cm³/mol. The van der Waals surface area contributed by atoms with Crippen molar-refractivity contribution in [2.75, 3.05) is 4.90 Å². The van der Waals surface area contributed by atoms with Crippen LogP contribution in [-0.2, 0) is 0 Å². The molecule has 0 atom stereocenters. The Balaban J connectivity index is 1.40. The van der Waals surface area contributed by atoms with Gasteiger partial charge in [0.05, 0.1) is 0 Å². The van der Waals surface area contributed by atoms with Crippen LogP contribution in [0.5, 0.6) is 0 Å². The first-order valence-electron chi connectivity index (χ1n) is 12.1. The first kappa shape index (κ1) is 22.3. The number of para-hydroxylation sites is 1. The largest absolute Gasteiger partial charge is 0.311 e. The Morgan fingerprint density at radius 1 is 0.389 bits per heavy atom. The molecule has 0 aliphatic carbocycles. The molecule has 172 valence electrons. The van der Waals surface area contributed by atoms with E-state index in [1.807, 2.05) is 0 Å². The number of fused-ring (bicyclic) bond motifs is 1.